The van der Waals surface area contributed by atoms with Gasteiger partial charge in [-0.2, -0.15) is 0 Å². The lowest BCUT2D eigenvalue weighted by Gasteiger charge is -2.33. The number of carbonyl (C=O) groups excluding carboxylic acids is 3. The second kappa shape index (κ2) is 8.05. The number of fused-ring (bicyclic) bond motifs is 2. The minimum absolute atomic E-state index is 0.00721. The maximum atomic E-state index is 13.7. The third-order valence-electron chi connectivity index (χ3n) is 5.62. The molecule has 33 heavy (non-hydrogen) atoms. The minimum Gasteiger partial charge on any atom is -0.466 e. The van der Waals surface area contributed by atoms with Gasteiger partial charge < -0.3 is 19.1 Å². The van der Waals surface area contributed by atoms with E-state index in [0.717, 1.165) is 0 Å². The van der Waals surface area contributed by atoms with Crippen molar-refractivity contribution in [3.63, 3.8) is 0 Å². The molecule has 0 spiro atoms. The van der Waals surface area contributed by atoms with Gasteiger partial charge in [-0.15, -0.1) is 0 Å². The van der Waals surface area contributed by atoms with Gasteiger partial charge in [-0.1, -0.05) is 24.3 Å². The fourth-order valence-electron chi connectivity index (χ4n) is 4.19. The maximum absolute atomic E-state index is 13.7. The van der Waals surface area contributed by atoms with Crippen molar-refractivity contribution >= 4 is 50.2 Å². The highest BCUT2D eigenvalue weighted by Gasteiger charge is 2.37. The van der Waals surface area contributed by atoms with Crippen molar-refractivity contribution < 1.29 is 28.6 Å². The zero-order chi connectivity index (χ0) is 23.3. The summed E-state index contributed by atoms with van der Waals surface area (Å²) in [6.07, 6.45) is 1.44. The lowest BCUT2D eigenvalue weighted by Crippen LogP contribution is -2.39. The molecule has 0 unspecified atom stereocenters. The molecule has 166 valence electrons. The van der Waals surface area contributed by atoms with Gasteiger partial charge in [0, 0.05) is 21.0 Å². The van der Waals surface area contributed by atoms with E-state index in [1.165, 1.54) is 25.4 Å². The average Bonchev–Trinajstić information content (AvgIpc) is 2.86. The second-order valence-corrected chi connectivity index (χ2v) is 8.14. The number of aromatic nitrogens is 2. The van der Waals surface area contributed by atoms with Gasteiger partial charge >= 0.3 is 11.9 Å². The molecule has 2 aliphatic rings. The first-order valence-corrected chi connectivity index (χ1v) is 10.6. The van der Waals surface area contributed by atoms with Crippen molar-refractivity contribution in [1.29, 1.82) is 0 Å². The largest absolute Gasteiger partial charge is 0.466 e. The first kappa shape index (κ1) is 21.2. The molecule has 10 heteroatoms. The summed E-state index contributed by atoms with van der Waals surface area (Å²) >= 11 is 3.53. The normalized spacial score (nSPS) is 14.9. The van der Waals surface area contributed by atoms with E-state index in [1.807, 2.05) is 12.1 Å². The number of ketones is 1. The smallest absolute Gasteiger partial charge is 0.355 e. The van der Waals surface area contributed by atoms with Crippen LogP contribution in [0.5, 0.6) is 0 Å². The number of methoxy groups -OCH3 is 2. The Morgan fingerprint density at radius 2 is 1.82 bits per heavy atom. The van der Waals surface area contributed by atoms with Gasteiger partial charge in [0.15, 0.2) is 5.78 Å². The summed E-state index contributed by atoms with van der Waals surface area (Å²) in [7, 11) is 2.43. The summed E-state index contributed by atoms with van der Waals surface area (Å²) in [5, 5.41) is 0.542. The molecule has 1 aliphatic heterocycles. The van der Waals surface area contributed by atoms with E-state index in [-0.39, 0.29) is 30.4 Å². The zero-order valence-corrected chi connectivity index (χ0v) is 19.1. The van der Waals surface area contributed by atoms with Crippen LogP contribution >= 0.6 is 15.9 Å². The number of ether oxygens (including phenoxy) is 3. The highest BCUT2D eigenvalue weighted by molar-refractivity contribution is 9.10. The number of esters is 2. The third kappa shape index (κ3) is 3.13. The Morgan fingerprint density at radius 3 is 2.55 bits per heavy atom. The highest BCUT2D eigenvalue weighted by Crippen LogP contribution is 2.45. The zero-order valence-electron chi connectivity index (χ0n) is 17.5. The minimum atomic E-state index is -0.754. The number of hydrogen-bond acceptors (Lipinski definition) is 9. The standard InChI is InChI=1S/C23H16BrN3O6/c1-31-22(29)13-8-33-10-27(20(13)23(30)32-2)15-7-14(24)19-17-16(15)21(28)12-6-4-3-5-11(12)18(17)25-9-26-19/h3-7,9H,8,10H2,1-2H3. The number of benzene rings is 2. The molecular weight excluding hydrogens is 494 g/mol. The summed E-state index contributed by atoms with van der Waals surface area (Å²) in [5.74, 6) is -1.74. The van der Waals surface area contributed by atoms with Gasteiger partial charge in [-0.05, 0) is 22.0 Å². The Labute approximate surface area is 196 Å². The van der Waals surface area contributed by atoms with E-state index < -0.39 is 11.9 Å². The number of halogens is 1. The van der Waals surface area contributed by atoms with Crippen LogP contribution in [0.4, 0.5) is 5.69 Å². The van der Waals surface area contributed by atoms with Gasteiger partial charge in [0.05, 0.1) is 48.9 Å². The monoisotopic (exact) mass is 509 g/mol. The fourth-order valence-corrected chi connectivity index (χ4v) is 4.71. The number of nitrogens with zero attached hydrogens (tertiary/aromatic N) is 3. The molecule has 1 aliphatic carbocycles. The van der Waals surface area contributed by atoms with Crippen molar-refractivity contribution in [1.82, 2.24) is 9.97 Å². The Balaban J connectivity index is 1.86. The van der Waals surface area contributed by atoms with E-state index >= 15 is 0 Å². The predicted octanol–water partition coefficient (Wildman–Crippen LogP) is 3.00. The first-order chi connectivity index (χ1) is 16.0. The molecule has 2 aromatic carbocycles. The van der Waals surface area contributed by atoms with Crippen LogP contribution in [0.3, 0.4) is 0 Å². The molecule has 5 rings (SSSR count). The number of hydrogen-bond donors (Lipinski definition) is 0. The lowest BCUT2D eigenvalue weighted by atomic mass is 9.85. The topological polar surface area (TPSA) is 108 Å². The van der Waals surface area contributed by atoms with Crippen LogP contribution in [-0.4, -0.2) is 55.2 Å². The van der Waals surface area contributed by atoms with Crippen LogP contribution in [0.25, 0.3) is 22.2 Å². The van der Waals surface area contributed by atoms with Gasteiger partial charge in [0.1, 0.15) is 18.8 Å². The SMILES string of the molecule is COC(=O)C1=C(C(=O)OC)N(c2cc(Br)c3ncnc4c3c2C(=O)c2ccccc2-4)COC1. The Morgan fingerprint density at radius 1 is 1.09 bits per heavy atom. The lowest BCUT2D eigenvalue weighted by molar-refractivity contribution is -0.140. The van der Waals surface area contributed by atoms with Crippen LogP contribution in [0.1, 0.15) is 15.9 Å². The molecule has 0 saturated carbocycles. The van der Waals surface area contributed by atoms with Crippen LogP contribution in [0.15, 0.2) is 52.4 Å². The van der Waals surface area contributed by atoms with Crippen molar-refractivity contribution in [3.05, 3.63) is 63.5 Å². The Kier molecular flexibility index (Phi) is 5.18. The molecule has 0 amide bonds. The summed E-state index contributed by atoms with van der Waals surface area (Å²) in [5.41, 5.74) is 2.92. The summed E-state index contributed by atoms with van der Waals surface area (Å²) in [6, 6.07) is 8.84. The number of anilines is 1. The number of rotatable bonds is 3. The van der Waals surface area contributed by atoms with Gasteiger partial charge in [-0.25, -0.2) is 19.6 Å². The molecule has 0 fully saturated rings. The van der Waals surface area contributed by atoms with Gasteiger partial charge in [-0.3, -0.25) is 4.79 Å². The Hall–Kier alpha value is -3.63. The van der Waals surface area contributed by atoms with Gasteiger partial charge in [0.2, 0.25) is 0 Å². The van der Waals surface area contributed by atoms with Gasteiger partial charge in [0.25, 0.3) is 0 Å². The molecule has 3 aromatic rings. The molecule has 0 atom stereocenters. The molecule has 0 saturated heterocycles. The molecule has 0 bridgehead atoms. The van der Waals surface area contributed by atoms with Crippen LogP contribution in [0, 0.1) is 0 Å². The van der Waals surface area contributed by atoms with Crippen LogP contribution in [-0.2, 0) is 23.8 Å². The quantitative estimate of drug-likeness (QED) is 0.385. The van der Waals surface area contributed by atoms with Crippen LogP contribution in [0.2, 0.25) is 0 Å². The number of carbonyl (C=O) groups is 3. The Bertz CT molecular complexity index is 1400. The molecule has 9 nitrogen and oxygen atoms in total. The van der Waals surface area contributed by atoms with Crippen molar-refractivity contribution in [2.24, 2.45) is 0 Å². The van der Waals surface area contributed by atoms with Crippen molar-refractivity contribution in [3.8, 4) is 11.3 Å². The second-order valence-electron chi connectivity index (χ2n) is 7.29. The van der Waals surface area contributed by atoms with E-state index in [0.29, 0.717) is 43.4 Å². The average molecular weight is 510 g/mol. The fraction of sp³-hybridized carbons (Fsp3) is 0.174. The summed E-state index contributed by atoms with van der Waals surface area (Å²) < 4.78 is 16.0. The first-order valence-electron chi connectivity index (χ1n) is 9.84. The molecule has 0 N–H and O–H groups in total. The molecule has 0 radical (unpaired) electrons. The predicted molar refractivity (Wildman–Crippen MR) is 120 cm³/mol. The molecular formula is C23H16BrN3O6. The molecule has 1 aromatic heterocycles. The highest BCUT2D eigenvalue weighted by atomic mass is 79.9. The summed E-state index contributed by atoms with van der Waals surface area (Å²) in [4.78, 5) is 49.2. The van der Waals surface area contributed by atoms with E-state index in [4.69, 9.17) is 14.2 Å². The maximum Gasteiger partial charge on any atom is 0.355 e. The van der Waals surface area contributed by atoms with E-state index in [1.54, 1.807) is 18.2 Å². The third-order valence-corrected chi connectivity index (χ3v) is 6.23. The molecule has 2 heterocycles. The van der Waals surface area contributed by atoms with Crippen molar-refractivity contribution in [2.75, 3.05) is 32.5 Å². The van der Waals surface area contributed by atoms with E-state index in [2.05, 4.69) is 25.9 Å². The van der Waals surface area contributed by atoms with Crippen LogP contribution < -0.4 is 4.90 Å². The van der Waals surface area contributed by atoms with E-state index in [9.17, 15) is 14.4 Å². The summed E-state index contributed by atoms with van der Waals surface area (Å²) in [6.45, 7) is -0.226. The van der Waals surface area contributed by atoms with Crippen molar-refractivity contribution in [2.45, 2.75) is 0 Å².